The second-order valence-electron chi connectivity index (χ2n) is 3.58. The van der Waals surface area contributed by atoms with Gasteiger partial charge in [0.25, 0.3) is 0 Å². The molecule has 18 heavy (non-hydrogen) atoms. The van der Waals surface area contributed by atoms with Gasteiger partial charge in [-0.1, -0.05) is 0 Å². The van der Waals surface area contributed by atoms with E-state index < -0.39 is 11.2 Å². The molecule has 2 N–H and O–H groups in total. The smallest absolute Gasteiger partial charge is 0.393 e. The van der Waals surface area contributed by atoms with Crippen LogP contribution < -0.4 is 10.5 Å². The van der Waals surface area contributed by atoms with Gasteiger partial charge in [0, 0.05) is 20.3 Å². The molecule has 2 radical (unpaired) electrons. The lowest BCUT2D eigenvalue weighted by molar-refractivity contribution is -0.132. The lowest BCUT2D eigenvalue weighted by atomic mass is 10.1. The van der Waals surface area contributed by atoms with Gasteiger partial charge >= 0.3 is 14.2 Å². The van der Waals surface area contributed by atoms with E-state index in [0.29, 0.717) is 0 Å². The molecule has 1 saturated heterocycles. The highest BCUT2D eigenvalue weighted by Gasteiger charge is 2.39. The molecule has 0 aromatic carbocycles. The molecule has 10 heteroatoms. The highest BCUT2D eigenvalue weighted by atomic mass is 32.2. The summed E-state index contributed by atoms with van der Waals surface area (Å²) in [4.78, 5) is 45.5. The molecule has 1 rings (SSSR count). The molecule has 0 aliphatic carbocycles. The fraction of sp³-hybridized carbons (Fsp3) is 0.500. The lowest BCUT2D eigenvalue weighted by Gasteiger charge is -2.12. The van der Waals surface area contributed by atoms with E-state index in [1.54, 1.807) is 0 Å². The van der Waals surface area contributed by atoms with Crippen LogP contribution in [-0.4, -0.2) is 47.9 Å². The van der Waals surface area contributed by atoms with E-state index in [2.05, 4.69) is 10.5 Å². The Labute approximate surface area is 110 Å². The summed E-state index contributed by atoms with van der Waals surface area (Å²) in [7, 11) is 1.06. The predicted molar refractivity (Wildman–Crippen MR) is 67.0 cm³/mol. The molecule has 1 fully saturated rings. The Morgan fingerprint density at radius 1 is 1.28 bits per heavy atom. The summed E-state index contributed by atoms with van der Waals surface area (Å²) >= 11 is 1.06. The van der Waals surface area contributed by atoms with Gasteiger partial charge in [0.1, 0.15) is 0 Å². The summed E-state index contributed by atoms with van der Waals surface area (Å²) in [5, 5.41) is 4.11. The summed E-state index contributed by atoms with van der Waals surface area (Å²) < 4.78 is 0. The molecule has 1 aliphatic rings. The van der Waals surface area contributed by atoms with Crippen molar-refractivity contribution in [1.29, 1.82) is 0 Å². The van der Waals surface area contributed by atoms with Crippen molar-refractivity contribution in [2.24, 2.45) is 0 Å². The van der Waals surface area contributed by atoms with Crippen LogP contribution in [0.2, 0.25) is 0 Å². The van der Waals surface area contributed by atoms with Crippen LogP contribution in [0.15, 0.2) is 0 Å². The number of imide groups is 1. The van der Waals surface area contributed by atoms with Crippen molar-refractivity contribution in [3.63, 3.8) is 0 Å². The Bertz CT molecular complexity index is 393. The topological polar surface area (TPSA) is 95.6 Å². The summed E-state index contributed by atoms with van der Waals surface area (Å²) in [5.41, 5.74) is 0. The van der Waals surface area contributed by atoms with Crippen LogP contribution in [0.25, 0.3) is 0 Å². The van der Waals surface area contributed by atoms with Crippen LogP contribution in [0.3, 0.4) is 0 Å². The first-order valence-corrected chi connectivity index (χ1v) is 6.06. The van der Waals surface area contributed by atoms with E-state index in [-0.39, 0.29) is 24.1 Å². The van der Waals surface area contributed by atoms with E-state index in [9.17, 15) is 19.2 Å². The van der Waals surface area contributed by atoms with E-state index >= 15 is 0 Å². The molecule has 0 saturated carbocycles. The van der Waals surface area contributed by atoms with Crippen LogP contribution >= 0.6 is 11.6 Å². The summed E-state index contributed by atoms with van der Waals surface area (Å²) in [6.45, 7) is 3.99. The lowest BCUT2D eigenvalue weighted by Crippen LogP contribution is -2.44. The molecule has 1 unspecified atom stereocenters. The largest absolute Gasteiger partial charge is 0.400 e. The summed E-state index contributed by atoms with van der Waals surface area (Å²) in [6.07, 6.45) is 0.0374. The monoisotopic (exact) mass is 267 g/mol. The van der Waals surface area contributed by atoms with Crippen molar-refractivity contribution < 1.29 is 19.2 Å². The van der Waals surface area contributed by atoms with Crippen LogP contribution in [0, 0.1) is 0 Å². The fourth-order valence-corrected chi connectivity index (χ4v) is 2.09. The zero-order valence-corrected chi connectivity index (χ0v) is 10.7. The Morgan fingerprint density at radius 3 is 2.44 bits per heavy atom. The van der Waals surface area contributed by atoms with Crippen LogP contribution in [-0.2, 0) is 19.2 Å². The number of hydrogen-bond acceptors (Lipinski definition) is 5. The average molecular weight is 267 g/mol. The molecule has 7 nitrogen and oxygen atoms in total. The molecule has 0 aromatic heterocycles. The summed E-state index contributed by atoms with van der Waals surface area (Å²) in [5.74, 6) is -1.42. The van der Waals surface area contributed by atoms with Crippen LogP contribution in [0.5, 0.6) is 0 Å². The van der Waals surface area contributed by atoms with Gasteiger partial charge in [0.2, 0.25) is 23.6 Å². The third-order valence-electron chi connectivity index (χ3n) is 2.03. The SMILES string of the molecule is CC(=O)N[B]SC1CC(=O)N([B]NC(C)=O)C1=O. The normalized spacial score (nSPS) is 18.6. The quantitative estimate of drug-likeness (QED) is 0.452. The van der Waals surface area contributed by atoms with Crippen LogP contribution in [0.1, 0.15) is 20.3 Å². The highest BCUT2D eigenvalue weighted by molar-refractivity contribution is 8.23. The first kappa shape index (κ1) is 14.6. The van der Waals surface area contributed by atoms with Gasteiger partial charge in [-0.05, 0) is 0 Å². The number of amides is 4. The maximum atomic E-state index is 11.8. The Balaban J connectivity index is 2.45. The maximum absolute atomic E-state index is 11.8. The van der Waals surface area contributed by atoms with E-state index in [0.717, 1.165) is 24.0 Å². The highest BCUT2D eigenvalue weighted by Crippen LogP contribution is 2.22. The number of rotatable bonds is 5. The molecule has 94 valence electrons. The van der Waals surface area contributed by atoms with Gasteiger partial charge < -0.3 is 15.3 Å². The van der Waals surface area contributed by atoms with E-state index in [4.69, 9.17) is 0 Å². The zero-order chi connectivity index (χ0) is 13.7. The number of hydrogen-bond donors (Lipinski definition) is 2. The minimum Gasteiger partial charge on any atom is -0.393 e. The molecule has 0 spiro atoms. The van der Waals surface area contributed by atoms with E-state index in [1.807, 2.05) is 0 Å². The van der Waals surface area contributed by atoms with E-state index in [1.165, 1.54) is 20.5 Å². The Hall–Kier alpha value is -1.44. The third kappa shape index (κ3) is 4.10. The minimum absolute atomic E-state index is 0.0374. The molecule has 1 atom stereocenters. The standard InChI is InChI=1S/C8H11B2N3O4S/c1-4(14)11-9-13-7(16)3-6(8(13)17)18-10-12-5(2)15/h6H,3H2,1-2H3,(H,11,14)(H,12,15). The van der Waals surface area contributed by atoms with Gasteiger partial charge in [0.15, 0.2) is 0 Å². The maximum Gasteiger partial charge on any atom is 0.400 e. The molecule has 1 aliphatic heterocycles. The van der Waals surface area contributed by atoms with Crippen molar-refractivity contribution >= 4 is 49.5 Å². The van der Waals surface area contributed by atoms with Gasteiger partial charge in [0.05, 0.1) is 5.25 Å². The number of carbonyl (C=O) groups excluding carboxylic acids is 4. The molecule has 0 aromatic rings. The van der Waals surface area contributed by atoms with Crippen LogP contribution in [0.4, 0.5) is 0 Å². The number of nitrogens with one attached hydrogen (secondary N) is 2. The minimum atomic E-state index is -0.575. The number of nitrogens with zero attached hydrogens (tertiary/aromatic N) is 1. The van der Waals surface area contributed by atoms with Gasteiger partial charge in [-0.25, -0.2) is 0 Å². The fourth-order valence-electron chi connectivity index (χ4n) is 1.22. The van der Waals surface area contributed by atoms with Gasteiger partial charge in [-0.15, -0.1) is 0 Å². The Morgan fingerprint density at radius 2 is 1.89 bits per heavy atom. The first-order valence-electron chi connectivity index (χ1n) is 5.12. The summed E-state index contributed by atoms with van der Waals surface area (Å²) in [6, 6.07) is 0. The van der Waals surface area contributed by atoms with Crippen molar-refractivity contribution in [3.8, 4) is 0 Å². The molecule has 4 amide bonds. The molecule has 1 heterocycles. The van der Waals surface area contributed by atoms with Crippen molar-refractivity contribution in [2.45, 2.75) is 25.5 Å². The first-order chi connectivity index (χ1) is 8.41. The van der Waals surface area contributed by atoms with Crippen molar-refractivity contribution in [1.82, 2.24) is 15.3 Å². The zero-order valence-electron chi connectivity index (χ0n) is 9.93. The number of carbonyl (C=O) groups is 4. The van der Waals surface area contributed by atoms with Crippen molar-refractivity contribution in [3.05, 3.63) is 0 Å². The Kier molecular flexibility index (Phi) is 5.26. The second-order valence-corrected chi connectivity index (χ2v) is 4.66. The average Bonchev–Trinajstić information content (AvgIpc) is 2.51. The molecular formula is C8H11B2N3O4S. The van der Waals surface area contributed by atoms with Gasteiger partial charge in [-0.2, -0.15) is 11.6 Å². The van der Waals surface area contributed by atoms with Crippen molar-refractivity contribution in [2.75, 3.05) is 0 Å². The second kappa shape index (κ2) is 6.48. The predicted octanol–water partition coefficient (Wildman–Crippen LogP) is -1.81. The molecule has 0 bridgehead atoms. The molecular weight excluding hydrogens is 256 g/mol. The van der Waals surface area contributed by atoms with Gasteiger partial charge in [-0.3, -0.25) is 19.2 Å². The third-order valence-corrected chi connectivity index (χ3v) is 2.98.